The van der Waals surface area contributed by atoms with Crippen molar-refractivity contribution in [3.63, 3.8) is 0 Å². The standard InChI is InChI=1S/C25H31F3N2O/c26-25(27,28)11-10-20-16-12-23(17-4-2-1-3-5-17)14-21(20)24(13-16,15-23)22(31)30-19-8-6-18(29)7-9-19/h1-5,10,16,18-19,21H,6-9,11-15,29H2,(H,30,31)/b20-10-. The number of rotatable bonds is 4. The van der Waals surface area contributed by atoms with Crippen LogP contribution in [0.2, 0.25) is 0 Å². The fraction of sp³-hybridized carbons (Fsp3) is 0.640. The largest absolute Gasteiger partial charge is 0.392 e. The first-order chi connectivity index (χ1) is 14.7. The maximum absolute atomic E-state index is 13.7. The number of hydrogen-bond acceptors (Lipinski definition) is 2. The Labute approximate surface area is 181 Å². The van der Waals surface area contributed by atoms with E-state index in [0.717, 1.165) is 50.5 Å². The number of nitrogens with one attached hydrogen (secondary N) is 1. The number of benzene rings is 1. The van der Waals surface area contributed by atoms with E-state index in [2.05, 4.69) is 17.4 Å². The van der Waals surface area contributed by atoms with E-state index in [4.69, 9.17) is 5.73 Å². The molecule has 168 valence electrons. The molecule has 4 unspecified atom stereocenters. The summed E-state index contributed by atoms with van der Waals surface area (Å²) in [6.45, 7) is 0. The summed E-state index contributed by atoms with van der Waals surface area (Å²) in [7, 11) is 0. The molecule has 0 aliphatic heterocycles. The third kappa shape index (κ3) is 3.61. The van der Waals surface area contributed by atoms with Crippen LogP contribution in [0.5, 0.6) is 0 Å². The highest BCUT2D eigenvalue weighted by Crippen LogP contribution is 2.72. The van der Waals surface area contributed by atoms with E-state index >= 15 is 0 Å². The predicted molar refractivity (Wildman–Crippen MR) is 113 cm³/mol. The van der Waals surface area contributed by atoms with Gasteiger partial charge < -0.3 is 11.1 Å². The number of carbonyl (C=O) groups is 1. The van der Waals surface area contributed by atoms with Gasteiger partial charge in [-0.2, -0.15) is 13.2 Å². The van der Waals surface area contributed by atoms with Crippen LogP contribution < -0.4 is 11.1 Å². The number of alkyl halides is 3. The SMILES string of the molecule is NC1CCC(NC(=O)C23CC4CC(c5ccccc5)(CC2/C4=C\CC(F)(F)F)C3)CC1. The van der Waals surface area contributed by atoms with Crippen LogP contribution >= 0.6 is 0 Å². The van der Waals surface area contributed by atoms with Crippen molar-refractivity contribution in [3.05, 3.63) is 47.5 Å². The highest BCUT2D eigenvalue weighted by molar-refractivity contribution is 5.86. The molecule has 3 nitrogen and oxygen atoms in total. The molecule has 0 radical (unpaired) electrons. The molecule has 5 aliphatic carbocycles. The van der Waals surface area contributed by atoms with Crippen molar-refractivity contribution in [2.24, 2.45) is 23.0 Å². The first-order valence-electron chi connectivity index (χ1n) is 11.6. The van der Waals surface area contributed by atoms with Crippen LogP contribution in [0.3, 0.4) is 0 Å². The highest BCUT2D eigenvalue weighted by Gasteiger charge is 2.69. The summed E-state index contributed by atoms with van der Waals surface area (Å²) in [6.07, 6.45) is 2.96. The van der Waals surface area contributed by atoms with Crippen LogP contribution in [0.15, 0.2) is 42.0 Å². The summed E-state index contributed by atoms with van der Waals surface area (Å²) >= 11 is 0. The van der Waals surface area contributed by atoms with E-state index in [1.807, 2.05) is 18.2 Å². The van der Waals surface area contributed by atoms with Crippen molar-refractivity contribution in [3.8, 4) is 0 Å². The molecule has 1 aromatic carbocycles. The third-order valence-corrected chi connectivity index (χ3v) is 8.55. The Balaban J connectivity index is 1.45. The average molecular weight is 433 g/mol. The van der Waals surface area contributed by atoms with E-state index < -0.39 is 18.0 Å². The molecule has 3 N–H and O–H groups in total. The lowest BCUT2D eigenvalue weighted by molar-refractivity contribution is -0.134. The van der Waals surface area contributed by atoms with Crippen LogP contribution in [-0.4, -0.2) is 24.2 Å². The van der Waals surface area contributed by atoms with E-state index in [9.17, 15) is 18.0 Å². The molecule has 0 aromatic heterocycles. The maximum Gasteiger partial charge on any atom is 0.392 e. The second-order valence-corrected chi connectivity index (χ2v) is 10.4. The van der Waals surface area contributed by atoms with Gasteiger partial charge in [-0.15, -0.1) is 0 Å². The second-order valence-electron chi connectivity index (χ2n) is 10.4. The van der Waals surface area contributed by atoms with Gasteiger partial charge in [0.25, 0.3) is 0 Å². The molecule has 6 heteroatoms. The topological polar surface area (TPSA) is 55.1 Å². The molecule has 6 rings (SSSR count). The smallest absolute Gasteiger partial charge is 0.353 e. The van der Waals surface area contributed by atoms with Gasteiger partial charge in [-0.05, 0) is 74.2 Å². The Morgan fingerprint density at radius 1 is 1.10 bits per heavy atom. The molecule has 31 heavy (non-hydrogen) atoms. The number of carbonyl (C=O) groups excluding carboxylic acids is 1. The van der Waals surface area contributed by atoms with Gasteiger partial charge in [-0.3, -0.25) is 4.79 Å². The van der Waals surface area contributed by atoms with Crippen molar-refractivity contribution in [2.75, 3.05) is 0 Å². The number of amides is 1. The highest BCUT2D eigenvalue weighted by atomic mass is 19.4. The molecule has 4 bridgehead atoms. The average Bonchev–Trinajstić information content (AvgIpc) is 3.11. The molecule has 5 saturated carbocycles. The molecule has 4 atom stereocenters. The van der Waals surface area contributed by atoms with E-state index in [1.54, 1.807) is 0 Å². The summed E-state index contributed by atoms with van der Waals surface area (Å²) in [4.78, 5) is 13.7. The fourth-order valence-electron chi connectivity index (χ4n) is 7.29. The predicted octanol–water partition coefficient (Wildman–Crippen LogP) is 5.01. The Kier molecular flexibility index (Phi) is 5.00. The Bertz CT molecular complexity index is 875. The molecule has 0 saturated heterocycles. The second kappa shape index (κ2) is 7.36. The number of nitrogens with two attached hydrogens (primary N) is 1. The van der Waals surface area contributed by atoms with Gasteiger partial charge in [0, 0.05) is 12.1 Å². The van der Waals surface area contributed by atoms with Crippen LogP contribution in [0.25, 0.3) is 0 Å². The minimum absolute atomic E-state index is 0.0656. The molecular weight excluding hydrogens is 401 g/mol. The van der Waals surface area contributed by atoms with Crippen molar-refractivity contribution >= 4 is 5.91 Å². The third-order valence-electron chi connectivity index (χ3n) is 8.55. The van der Waals surface area contributed by atoms with E-state index in [0.29, 0.717) is 6.42 Å². The number of hydrogen-bond donors (Lipinski definition) is 2. The van der Waals surface area contributed by atoms with Gasteiger partial charge in [0.1, 0.15) is 0 Å². The lowest BCUT2D eigenvalue weighted by Gasteiger charge is -2.42. The molecule has 0 spiro atoms. The summed E-state index contributed by atoms with van der Waals surface area (Å²) in [6, 6.07) is 10.6. The summed E-state index contributed by atoms with van der Waals surface area (Å²) in [5.74, 6) is 0.0520. The van der Waals surface area contributed by atoms with Crippen LogP contribution in [0.1, 0.15) is 63.4 Å². The van der Waals surface area contributed by atoms with Gasteiger partial charge in [-0.1, -0.05) is 42.0 Å². The quantitative estimate of drug-likeness (QED) is 0.657. The minimum atomic E-state index is -4.21. The van der Waals surface area contributed by atoms with Crippen molar-refractivity contribution in [2.45, 2.75) is 81.5 Å². The van der Waals surface area contributed by atoms with Crippen molar-refractivity contribution in [1.82, 2.24) is 5.32 Å². The summed E-state index contributed by atoms with van der Waals surface area (Å²) < 4.78 is 39.0. The monoisotopic (exact) mass is 432 g/mol. The first-order valence-corrected chi connectivity index (χ1v) is 11.6. The Morgan fingerprint density at radius 3 is 2.48 bits per heavy atom. The summed E-state index contributed by atoms with van der Waals surface area (Å²) in [5, 5.41) is 3.30. The zero-order chi connectivity index (χ0) is 21.9. The van der Waals surface area contributed by atoms with Gasteiger partial charge in [0.2, 0.25) is 5.91 Å². The number of allylic oxidation sites excluding steroid dienone is 2. The molecular formula is C25H31F3N2O. The lowest BCUT2D eigenvalue weighted by Crippen LogP contribution is -2.49. The van der Waals surface area contributed by atoms with Gasteiger partial charge in [0.05, 0.1) is 11.8 Å². The molecule has 0 heterocycles. The van der Waals surface area contributed by atoms with Gasteiger partial charge >= 0.3 is 6.18 Å². The minimum Gasteiger partial charge on any atom is -0.353 e. The molecule has 1 amide bonds. The van der Waals surface area contributed by atoms with Gasteiger partial charge in [-0.25, -0.2) is 0 Å². The molecule has 5 aliphatic rings. The normalized spacial score (nSPS) is 40.5. The lowest BCUT2D eigenvalue weighted by atomic mass is 9.63. The van der Waals surface area contributed by atoms with Crippen LogP contribution in [-0.2, 0) is 10.2 Å². The number of halogens is 3. The zero-order valence-corrected chi connectivity index (χ0v) is 17.8. The Morgan fingerprint density at radius 2 is 1.81 bits per heavy atom. The maximum atomic E-state index is 13.7. The fourth-order valence-corrected chi connectivity index (χ4v) is 7.29. The first kappa shape index (κ1) is 21.0. The van der Waals surface area contributed by atoms with Gasteiger partial charge in [0.15, 0.2) is 0 Å². The van der Waals surface area contributed by atoms with E-state index in [1.165, 1.54) is 11.6 Å². The van der Waals surface area contributed by atoms with Crippen LogP contribution in [0, 0.1) is 17.3 Å². The van der Waals surface area contributed by atoms with E-state index in [-0.39, 0.29) is 35.2 Å². The van der Waals surface area contributed by atoms with Crippen LogP contribution in [0.4, 0.5) is 13.2 Å². The zero-order valence-electron chi connectivity index (χ0n) is 17.8. The summed E-state index contributed by atoms with van der Waals surface area (Å²) in [5.41, 5.74) is 7.47. The molecule has 5 fully saturated rings. The molecule has 1 aromatic rings. The Hall–Kier alpha value is -1.82. The van der Waals surface area contributed by atoms with Crippen molar-refractivity contribution < 1.29 is 18.0 Å². The van der Waals surface area contributed by atoms with Crippen molar-refractivity contribution in [1.29, 1.82) is 0 Å².